The molecule has 19 heavy (non-hydrogen) atoms. The van der Waals surface area contributed by atoms with Crippen molar-refractivity contribution in [3.8, 4) is 0 Å². The molecular formula is C15H22BrNO2. The summed E-state index contributed by atoms with van der Waals surface area (Å²) in [4.78, 5) is 11.8. The minimum Gasteiger partial charge on any atom is -0.467 e. The van der Waals surface area contributed by atoms with Crippen LogP contribution in [0.25, 0.3) is 0 Å². The van der Waals surface area contributed by atoms with E-state index in [9.17, 15) is 4.79 Å². The molecule has 0 aliphatic heterocycles. The zero-order valence-corrected chi connectivity index (χ0v) is 13.2. The van der Waals surface area contributed by atoms with Gasteiger partial charge in [0.15, 0.2) is 0 Å². The quantitative estimate of drug-likeness (QED) is 0.569. The van der Waals surface area contributed by atoms with Crippen molar-refractivity contribution in [3.05, 3.63) is 28.7 Å². The van der Waals surface area contributed by atoms with Crippen LogP contribution in [-0.4, -0.2) is 19.1 Å². The molecule has 1 N–H and O–H groups in total. The van der Waals surface area contributed by atoms with Crippen LogP contribution >= 0.6 is 15.9 Å². The second-order valence-electron chi connectivity index (χ2n) is 4.55. The van der Waals surface area contributed by atoms with E-state index >= 15 is 0 Å². The molecule has 1 atom stereocenters. The average molecular weight is 328 g/mol. The van der Waals surface area contributed by atoms with Crippen LogP contribution in [0.15, 0.2) is 28.7 Å². The number of carbonyl (C=O) groups is 1. The Morgan fingerprint density at radius 1 is 1.32 bits per heavy atom. The number of para-hydroxylation sites is 1. The maximum Gasteiger partial charge on any atom is 0.328 e. The summed E-state index contributed by atoms with van der Waals surface area (Å²) in [5.74, 6) is -0.202. The van der Waals surface area contributed by atoms with Crippen molar-refractivity contribution >= 4 is 27.6 Å². The fourth-order valence-electron chi connectivity index (χ4n) is 1.93. The smallest absolute Gasteiger partial charge is 0.328 e. The molecule has 0 fully saturated rings. The molecule has 4 heteroatoms. The van der Waals surface area contributed by atoms with Gasteiger partial charge in [-0.05, 0) is 34.5 Å². The minimum absolute atomic E-state index is 0.202. The summed E-state index contributed by atoms with van der Waals surface area (Å²) in [5, 5.41) is 3.25. The van der Waals surface area contributed by atoms with Gasteiger partial charge in [-0.3, -0.25) is 0 Å². The fraction of sp³-hybridized carbons (Fsp3) is 0.533. The predicted octanol–water partition coefficient (Wildman–Crippen LogP) is 4.37. The largest absolute Gasteiger partial charge is 0.467 e. The third kappa shape index (κ3) is 5.64. The summed E-state index contributed by atoms with van der Waals surface area (Å²) in [7, 11) is 1.43. The highest BCUT2D eigenvalue weighted by atomic mass is 79.9. The fourth-order valence-corrected chi connectivity index (χ4v) is 2.33. The summed E-state index contributed by atoms with van der Waals surface area (Å²) in [5.41, 5.74) is 0.924. The number of halogens is 1. The average Bonchev–Trinajstić information content (AvgIpc) is 2.43. The first-order chi connectivity index (χ1) is 9.19. The van der Waals surface area contributed by atoms with E-state index in [0.717, 1.165) is 29.4 Å². The highest BCUT2D eigenvalue weighted by molar-refractivity contribution is 9.10. The van der Waals surface area contributed by atoms with Crippen molar-refractivity contribution < 1.29 is 9.53 Å². The monoisotopic (exact) mass is 327 g/mol. The zero-order valence-electron chi connectivity index (χ0n) is 11.6. The summed E-state index contributed by atoms with van der Waals surface area (Å²) in [6, 6.07) is 7.52. The van der Waals surface area contributed by atoms with Crippen LogP contribution in [0, 0.1) is 0 Å². The molecule has 0 aromatic heterocycles. The van der Waals surface area contributed by atoms with E-state index in [1.165, 1.54) is 20.0 Å². The zero-order chi connectivity index (χ0) is 14.1. The first-order valence-electron chi connectivity index (χ1n) is 6.78. The molecule has 106 valence electrons. The third-order valence-corrected chi connectivity index (χ3v) is 3.73. The first-order valence-corrected chi connectivity index (χ1v) is 7.57. The highest BCUT2D eigenvalue weighted by Crippen LogP contribution is 2.23. The molecule has 0 aliphatic carbocycles. The molecule has 0 radical (unpaired) electrons. The van der Waals surface area contributed by atoms with E-state index < -0.39 is 0 Å². The second kappa shape index (κ2) is 8.97. The molecular weight excluding hydrogens is 306 g/mol. The van der Waals surface area contributed by atoms with Gasteiger partial charge in [0.25, 0.3) is 0 Å². The molecule has 0 saturated carbocycles. The van der Waals surface area contributed by atoms with Crippen LogP contribution in [0.5, 0.6) is 0 Å². The first kappa shape index (κ1) is 16.0. The van der Waals surface area contributed by atoms with Crippen LogP contribution in [0.3, 0.4) is 0 Å². The summed E-state index contributed by atoms with van der Waals surface area (Å²) < 4.78 is 5.82. The van der Waals surface area contributed by atoms with Gasteiger partial charge in [-0.25, -0.2) is 4.79 Å². The molecule has 1 unspecified atom stereocenters. The van der Waals surface area contributed by atoms with Crippen LogP contribution in [0.4, 0.5) is 5.69 Å². The Balaban J connectivity index is 2.59. The molecule has 1 aromatic rings. The van der Waals surface area contributed by atoms with Gasteiger partial charge in [0.1, 0.15) is 6.04 Å². The summed E-state index contributed by atoms with van der Waals surface area (Å²) in [6.45, 7) is 2.18. The van der Waals surface area contributed by atoms with Crippen molar-refractivity contribution in [3.63, 3.8) is 0 Å². The Morgan fingerprint density at radius 3 is 2.68 bits per heavy atom. The van der Waals surface area contributed by atoms with Gasteiger partial charge in [0, 0.05) is 10.2 Å². The topological polar surface area (TPSA) is 38.3 Å². The van der Waals surface area contributed by atoms with Crippen molar-refractivity contribution in [2.24, 2.45) is 0 Å². The number of anilines is 1. The van der Waals surface area contributed by atoms with Gasteiger partial charge in [-0.1, -0.05) is 44.7 Å². The van der Waals surface area contributed by atoms with E-state index in [1.807, 2.05) is 24.3 Å². The van der Waals surface area contributed by atoms with Crippen molar-refractivity contribution in [2.75, 3.05) is 12.4 Å². The van der Waals surface area contributed by atoms with Gasteiger partial charge in [0.05, 0.1) is 7.11 Å². The Hall–Kier alpha value is -1.03. The Kier molecular flexibility index (Phi) is 7.56. The van der Waals surface area contributed by atoms with Gasteiger partial charge in [0.2, 0.25) is 0 Å². The predicted molar refractivity (Wildman–Crippen MR) is 82.3 cm³/mol. The lowest BCUT2D eigenvalue weighted by Gasteiger charge is -2.18. The van der Waals surface area contributed by atoms with E-state index in [1.54, 1.807) is 0 Å². The molecule has 0 bridgehead atoms. The number of hydrogen-bond acceptors (Lipinski definition) is 3. The van der Waals surface area contributed by atoms with Crippen molar-refractivity contribution in [2.45, 2.75) is 45.1 Å². The van der Waals surface area contributed by atoms with Crippen LogP contribution < -0.4 is 5.32 Å². The number of carbonyl (C=O) groups excluding carboxylic acids is 1. The van der Waals surface area contributed by atoms with E-state index in [4.69, 9.17) is 4.74 Å². The lowest BCUT2D eigenvalue weighted by atomic mass is 10.1. The second-order valence-corrected chi connectivity index (χ2v) is 5.40. The molecule has 0 amide bonds. The Morgan fingerprint density at radius 2 is 2.05 bits per heavy atom. The summed E-state index contributed by atoms with van der Waals surface area (Å²) >= 11 is 3.47. The number of esters is 1. The molecule has 0 aliphatic rings. The van der Waals surface area contributed by atoms with Gasteiger partial charge >= 0.3 is 5.97 Å². The number of rotatable bonds is 8. The lowest BCUT2D eigenvalue weighted by Crippen LogP contribution is -2.30. The normalized spacial score (nSPS) is 11.9. The molecule has 3 nitrogen and oxygen atoms in total. The number of nitrogens with one attached hydrogen (secondary N) is 1. The van der Waals surface area contributed by atoms with Gasteiger partial charge < -0.3 is 10.1 Å². The number of ether oxygens (including phenoxy) is 1. The summed E-state index contributed by atoms with van der Waals surface area (Å²) in [6.07, 6.45) is 5.39. The highest BCUT2D eigenvalue weighted by Gasteiger charge is 2.19. The Bertz CT molecular complexity index is 395. The number of benzene rings is 1. The third-order valence-electron chi connectivity index (χ3n) is 3.04. The molecule has 0 spiro atoms. The minimum atomic E-state index is -0.277. The Labute approximate surface area is 123 Å². The van der Waals surface area contributed by atoms with Crippen molar-refractivity contribution in [1.82, 2.24) is 0 Å². The number of methoxy groups -OCH3 is 1. The lowest BCUT2D eigenvalue weighted by molar-refractivity contribution is -0.141. The van der Waals surface area contributed by atoms with Crippen LogP contribution in [0.1, 0.15) is 39.0 Å². The maximum atomic E-state index is 11.8. The van der Waals surface area contributed by atoms with Gasteiger partial charge in [-0.15, -0.1) is 0 Å². The SMILES string of the molecule is CCCCCCC(Nc1ccccc1Br)C(=O)OC. The van der Waals surface area contributed by atoms with E-state index in [-0.39, 0.29) is 12.0 Å². The molecule has 0 saturated heterocycles. The standard InChI is InChI=1S/C15H22BrNO2/c1-3-4-5-6-11-14(15(18)19-2)17-13-10-8-7-9-12(13)16/h7-10,14,17H,3-6,11H2,1-2H3. The molecule has 1 aromatic carbocycles. The van der Waals surface area contributed by atoms with E-state index in [2.05, 4.69) is 28.2 Å². The molecule has 1 rings (SSSR count). The van der Waals surface area contributed by atoms with E-state index in [0.29, 0.717) is 0 Å². The molecule has 0 heterocycles. The van der Waals surface area contributed by atoms with Crippen LogP contribution in [0.2, 0.25) is 0 Å². The van der Waals surface area contributed by atoms with Crippen LogP contribution in [-0.2, 0) is 9.53 Å². The van der Waals surface area contributed by atoms with Crippen molar-refractivity contribution in [1.29, 1.82) is 0 Å². The number of hydrogen-bond donors (Lipinski definition) is 1. The van der Waals surface area contributed by atoms with Gasteiger partial charge in [-0.2, -0.15) is 0 Å². The maximum absolute atomic E-state index is 11.8. The number of unbranched alkanes of at least 4 members (excludes halogenated alkanes) is 3.